The van der Waals surface area contributed by atoms with Crippen LogP contribution in [0.5, 0.6) is 0 Å². The molecule has 0 fully saturated rings. The van der Waals surface area contributed by atoms with Crippen LogP contribution in [0.15, 0.2) is 71.5 Å². The molecule has 0 saturated heterocycles. The number of hydrogen-bond donors (Lipinski definition) is 0. The van der Waals surface area contributed by atoms with E-state index in [0.717, 1.165) is 32.4 Å². The van der Waals surface area contributed by atoms with Crippen molar-refractivity contribution >= 4 is 34.1 Å². The van der Waals surface area contributed by atoms with Crippen LogP contribution in [-0.2, 0) is 5.75 Å². The Balaban J connectivity index is 1.37. The van der Waals surface area contributed by atoms with Crippen LogP contribution in [0.1, 0.15) is 5.69 Å². The van der Waals surface area contributed by atoms with Gasteiger partial charge in [0, 0.05) is 16.7 Å². The van der Waals surface area contributed by atoms with Crippen molar-refractivity contribution in [3.8, 4) is 16.3 Å². The second-order valence-electron chi connectivity index (χ2n) is 6.39. The zero-order valence-corrected chi connectivity index (χ0v) is 17.0. The van der Waals surface area contributed by atoms with E-state index in [0.29, 0.717) is 11.4 Å². The topological polar surface area (TPSA) is 56.5 Å². The van der Waals surface area contributed by atoms with Crippen molar-refractivity contribution in [2.75, 3.05) is 0 Å². The van der Waals surface area contributed by atoms with Crippen LogP contribution < -0.4 is 0 Å². The Kier molecular flexibility index (Phi) is 4.97. The Morgan fingerprint density at radius 3 is 2.43 bits per heavy atom. The van der Waals surface area contributed by atoms with Crippen LogP contribution in [-0.4, -0.2) is 24.7 Å². The van der Waals surface area contributed by atoms with Crippen LogP contribution in [0, 0.1) is 11.6 Å². The molecule has 5 nitrogen and oxygen atoms in total. The number of rotatable bonds is 5. The minimum absolute atomic E-state index is 0.264. The average Bonchev–Trinajstić information content (AvgIpc) is 3.41. The highest BCUT2D eigenvalue weighted by atomic mass is 32.2. The Labute approximate surface area is 178 Å². The first kappa shape index (κ1) is 18.8. The quantitative estimate of drug-likeness (QED) is 0.268. The molecule has 0 aliphatic carbocycles. The molecule has 0 spiro atoms. The lowest BCUT2D eigenvalue weighted by Crippen LogP contribution is -1.98. The fourth-order valence-corrected chi connectivity index (χ4v) is 4.73. The highest BCUT2D eigenvalue weighted by Gasteiger charge is 2.13. The van der Waals surface area contributed by atoms with Crippen LogP contribution in [0.25, 0.3) is 27.3 Å². The summed E-state index contributed by atoms with van der Waals surface area (Å²) in [6.45, 7) is 0. The van der Waals surface area contributed by atoms with Gasteiger partial charge in [-0.2, -0.15) is 5.10 Å². The number of thioether (sulfide) groups is 1. The molecule has 0 amide bonds. The summed E-state index contributed by atoms with van der Waals surface area (Å²) in [4.78, 5) is 13.4. The fourth-order valence-electron chi connectivity index (χ4n) is 2.95. The first-order valence-electron chi connectivity index (χ1n) is 8.95. The molecular weight excluding hydrogens is 424 g/mol. The third-order valence-corrected chi connectivity index (χ3v) is 6.38. The summed E-state index contributed by atoms with van der Waals surface area (Å²) < 4.78 is 28.0. The number of benzene rings is 2. The molecule has 0 aliphatic rings. The first-order chi connectivity index (χ1) is 14.7. The van der Waals surface area contributed by atoms with Crippen molar-refractivity contribution in [2.45, 2.75) is 10.8 Å². The first-order valence-corrected chi connectivity index (χ1v) is 10.8. The molecule has 5 aromatic rings. The summed E-state index contributed by atoms with van der Waals surface area (Å²) >= 11 is 3.07. The lowest BCUT2D eigenvalue weighted by molar-refractivity contribution is 0.627. The van der Waals surface area contributed by atoms with E-state index in [1.807, 2.05) is 5.38 Å². The van der Waals surface area contributed by atoms with Gasteiger partial charge in [0.15, 0.2) is 5.65 Å². The van der Waals surface area contributed by atoms with Crippen molar-refractivity contribution in [1.82, 2.24) is 24.7 Å². The van der Waals surface area contributed by atoms with Gasteiger partial charge in [0.1, 0.15) is 28.0 Å². The predicted molar refractivity (Wildman–Crippen MR) is 114 cm³/mol. The van der Waals surface area contributed by atoms with Gasteiger partial charge in [-0.3, -0.25) is 0 Å². The Morgan fingerprint density at radius 2 is 1.67 bits per heavy atom. The number of nitrogens with zero attached hydrogens (tertiary/aromatic N) is 5. The van der Waals surface area contributed by atoms with Crippen LogP contribution in [0.4, 0.5) is 8.78 Å². The minimum Gasteiger partial charge on any atom is -0.240 e. The largest absolute Gasteiger partial charge is 0.240 e. The van der Waals surface area contributed by atoms with Crippen molar-refractivity contribution in [3.05, 3.63) is 83.8 Å². The van der Waals surface area contributed by atoms with Gasteiger partial charge in [-0.25, -0.2) is 28.4 Å². The smallest absolute Gasteiger partial charge is 0.167 e. The SMILES string of the molecule is Fc1ccc(-c2nc(CSc3ncnc4c3cnn4-c3ccc(F)cc3)cs2)cc1. The summed E-state index contributed by atoms with van der Waals surface area (Å²) in [7, 11) is 0. The second-order valence-corrected chi connectivity index (χ2v) is 8.21. The third-order valence-electron chi connectivity index (χ3n) is 4.40. The highest BCUT2D eigenvalue weighted by Crippen LogP contribution is 2.30. The van der Waals surface area contributed by atoms with Crippen LogP contribution in [0.2, 0.25) is 0 Å². The van der Waals surface area contributed by atoms with Crippen LogP contribution >= 0.6 is 23.1 Å². The molecule has 0 saturated carbocycles. The number of halogens is 2. The van der Waals surface area contributed by atoms with Gasteiger partial charge >= 0.3 is 0 Å². The number of aromatic nitrogens is 5. The number of thiazole rings is 1. The second kappa shape index (κ2) is 7.92. The summed E-state index contributed by atoms with van der Waals surface area (Å²) in [6.07, 6.45) is 3.21. The summed E-state index contributed by atoms with van der Waals surface area (Å²) in [5, 5.41) is 8.85. The summed E-state index contributed by atoms with van der Waals surface area (Å²) in [5.41, 5.74) is 3.19. The molecule has 3 aromatic heterocycles. The highest BCUT2D eigenvalue weighted by molar-refractivity contribution is 7.98. The normalized spacial score (nSPS) is 11.3. The molecule has 30 heavy (non-hydrogen) atoms. The molecule has 0 N–H and O–H groups in total. The Hall–Kier alpha value is -3.17. The maximum atomic E-state index is 13.2. The average molecular weight is 438 g/mol. The van der Waals surface area contributed by atoms with E-state index in [1.165, 1.54) is 41.9 Å². The van der Waals surface area contributed by atoms with Gasteiger partial charge < -0.3 is 0 Å². The van der Waals surface area contributed by atoms with Gasteiger partial charge in [0.05, 0.1) is 23.0 Å². The Bertz CT molecular complexity index is 1310. The van der Waals surface area contributed by atoms with Crippen molar-refractivity contribution < 1.29 is 8.78 Å². The molecule has 3 heterocycles. The fraction of sp³-hybridized carbons (Fsp3) is 0.0476. The maximum absolute atomic E-state index is 13.2. The van der Waals surface area contributed by atoms with Gasteiger partial charge in [-0.05, 0) is 48.5 Å². The molecule has 0 aliphatic heterocycles. The van der Waals surface area contributed by atoms with E-state index < -0.39 is 0 Å². The zero-order valence-electron chi connectivity index (χ0n) is 15.4. The minimum atomic E-state index is -0.302. The molecule has 148 valence electrons. The van der Waals surface area contributed by atoms with E-state index in [4.69, 9.17) is 0 Å². The molecule has 0 radical (unpaired) electrons. The van der Waals surface area contributed by atoms with E-state index in [9.17, 15) is 8.78 Å². The van der Waals surface area contributed by atoms with Crippen molar-refractivity contribution in [3.63, 3.8) is 0 Å². The van der Waals surface area contributed by atoms with Crippen molar-refractivity contribution in [1.29, 1.82) is 0 Å². The molecule has 0 atom stereocenters. The molecule has 5 rings (SSSR count). The number of hydrogen-bond acceptors (Lipinski definition) is 6. The van der Waals surface area contributed by atoms with Crippen molar-refractivity contribution in [2.24, 2.45) is 0 Å². The summed E-state index contributed by atoms with van der Waals surface area (Å²) in [5.74, 6) is 0.0651. The summed E-state index contributed by atoms with van der Waals surface area (Å²) in [6, 6.07) is 12.4. The standard InChI is InChI=1S/C21H13F2N5S2/c22-14-3-1-13(2-4-14)20-27-16(10-29-20)11-30-21-18-9-26-28(19(18)24-12-25-21)17-7-5-15(23)6-8-17/h1-10,12H,11H2. The monoisotopic (exact) mass is 437 g/mol. The van der Waals surface area contributed by atoms with E-state index in [-0.39, 0.29) is 11.6 Å². The predicted octanol–water partition coefficient (Wildman–Crippen LogP) is 5.51. The van der Waals surface area contributed by atoms with E-state index >= 15 is 0 Å². The maximum Gasteiger partial charge on any atom is 0.167 e. The Morgan fingerprint density at radius 1 is 0.933 bits per heavy atom. The lowest BCUT2D eigenvalue weighted by atomic mass is 10.2. The number of fused-ring (bicyclic) bond motifs is 1. The third kappa shape index (κ3) is 3.69. The van der Waals surface area contributed by atoms with E-state index in [2.05, 4.69) is 20.1 Å². The molecule has 2 aromatic carbocycles. The van der Waals surface area contributed by atoms with E-state index in [1.54, 1.807) is 46.9 Å². The van der Waals surface area contributed by atoms with Crippen LogP contribution in [0.3, 0.4) is 0 Å². The molecule has 0 unspecified atom stereocenters. The zero-order chi connectivity index (χ0) is 20.5. The van der Waals surface area contributed by atoms with Gasteiger partial charge in [-0.15, -0.1) is 11.3 Å². The molecule has 9 heteroatoms. The molecular formula is C21H13F2N5S2. The van der Waals surface area contributed by atoms with Gasteiger partial charge in [-0.1, -0.05) is 11.8 Å². The van der Waals surface area contributed by atoms with Gasteiger partial charge in [0.25, 0.3) is 0 Å². The molecule has 0 bridgehead atoms. The van der Waals surface area contributed by atoms with Gasteiger partial charge in [0.2, 0.25) is 0 Å². The lowest BCUT2D eigenvalue weighted by Gasteiger charge is -2.04.